The number of hydrogen-bond acceptors (Lipinski definition) is 5. The standard InChI is InChI=1S/C17H16BrN5O2/c1-25-16-7-4-13(8-15(16)18)10-19-17(24)9-12-2-5-14(6-3-12)23-11-20-21-22-23/h2-8,11H,9-10H2,1H3,(H,19,24). The zero-order valence-corrected chi connectivity index (χ0v) is 15.1. The molecular formula is C17H16BrN5O2. The van der Waals surface area contributed by atoms with Crippen LogP contribution < -0.4 is 10.1 Å². The summed E-state index contributed by atoms with van der Waals surface area (Å²) in [5, 5.41) is 13.9. The van der Waals surface area contributed by atoms with Crippen LogP contribution in [0.4, 0.5) is 0 Å². The highest BCUT2D eigenvalue weighted by Gasteiger charge is 2.06. The van der Waals surface area contributed by atoms with Gasteiger partial charge in [-0.15, -0.1) is 5.10 Å². The van der Waals surface area contributed by atoms with Crippen molar-refractivity contribution in [1.29, 1.82) is 0 Å². The van der Waals surface area contributed by atoms with Crippen LogP contribution in [0, 0.1) is 0 Å². The molecule has 0 atom stereocenters. The minimum atomic E-state index is -0.0397. The summed E-state index contributed by atoms with van der Waals surface area (Å²) in [5.74, 6) is 0.722. The number of carbonyl (C=O) groups excluding carboxylic acids is 1. The van der Waals surface area contributed by atoms with E-state index in [1.165, 1.54) is 6.33 Å². The molecule has 1 aromatic heterocycles. The first-order valence-corrected chi connectivity index (χ1v) is 8.36. The number of rotatable bonds is 6. The average molecular weight is 402 g/mol. The molecule has 0 saturated heterocycles. The lowest BCUT2D eigenvalue weighted by Gasteiger charge is -2.08. The summed E-state index contributed by atoms with van der Waals surface area (Å²) >= 11 is 3.44. The molecule has 1 amide bonds. The summed E-state index contributed by atoms with van der Waals surface area (Å²) in [4.78, 5) is 12.1. The van der Waals surface area contributed by atoms with Gasteiger partial charge in [-0.25, -0.2) is 4.68 Å². The second kappa shape index (κ2) is 7.89. The Morgan fingerprint density at radius 1 is 1.20 bits per heavy atom. The predicted octanol–water partition coefficient (Wildman–Crippen LogP) is 2.29. The molecule has 8 heteroatoms. The Morgan fingerprint density at radius 3 is 2.60 bits per heavy atom. The zero-order valence-electron chi connectivity index (χ0n) is 13.5. The predicted molar refractivity (Wildman–Crippen MR) is 95.4 cm³/mol. The van der Waals surface area contributed by atoms with E-state index in [2.05, 4.69) is 36.8 Å². The van der Waals surface area contributed by atoms with Crippen molar-refractivity contribution in [3.8, 4) is 11.4 Å². The molecule has 0 aliphatic heterocycles. The first-order valence-electron chi connectivity index (χ1n) is 7.57. The number of aromatic nitrogens is 4. The maximum atomic E-state index is 12.1. The van der Waals surface area contributed by atoms with Gasteiger partial charge in [-0.05, 0) is 61.7 Å². The van der Waals surface area contributed by atoms with E-state index in [-0.39, 0.29) is 5.91 Å². The molecule has 0 unspecified atom stereocenters. The number of hydrogen-bond donors (Lipinski definition) is 1. The first-order chi connectivity index (χ1) is 12.2. The Bertz CT molecular complexity index is 850. The maximum Gasteiger partial charge on any atom is 0.224 e. The molecular weight excluding hydrogens is 386 g/mol. The summed E-state index contributed by atoms with van der Waals surface area (Å²) in [5.41, 5.74) is 2.76. The Morgan fingerprint density at radius 2 is 1.96 bits per heavy atom. The third-order valence-corrected chi connectivity index (χ3v) is 4.24. The lowest BCUT2D eigenvalue weighted by molar-refractivity contribution is -0.120. The molecule has 128 valence electrons. The maximum absolute atomic E-state index is 12.1. The van der Waals surface area contributed by atoms with Gasteiger partial charge >= 0.3 is 0 Å². The van der Waals surface area contributed by atoms with Crippen LogP contribution in [0.25, 0.3) is 5.69 Å². The number of ether oxygens (including phenoxy) is 1. The third kappa shape index (κ3) is 4.42. The van der Waals surface area contributed by atoms with Gasteiger partial charge < -0.3 is 10.1 Å². The van der Waals surface area contributed by atoms with Crippen LogP contribution in [0.5, 0.6) is 5.75 Å². The Hall–Kier alpha value is -2.74. The van der Waals surface area contributed by atoms with Crippen LogP contribution in [-0.2, 0) is 17.8 Å². The summed E-state index contributed by atoms with van der Waals surface area (Å²) in [7, 11) is 1.62. The second-order valence-electron chi connectivity index (χ2n) is 5.34. The van der Waals surface area contributed by atoms with Gasteiger partial charge in [0, 0.05) is 6.54 Å². The van der Waals surface area contributed by atoms with Gasteiger partial charge in [-0.2, -0.15) is 0 Å². The fourth-order valence-corrected chi connectivity index (χ4v) is 2.90. The summed E-state index contributed by atoms with van der Waals surface area (Å²) in [6, 6.07) is 13.2. The number of tetrazole rings is 1. The van der Waals surface area contributed by atoms with E-state index in [0.29, 0.717) is 13.0 Å². The van der Waals surface area contributed by atoms with E-state index >= 15 is 0 Å². The van der Waals surface area contributed by atoms with Crippen molar-refractivity contribution in [2.45, 2.75) is 13.0 Å². The van der Waals surface area contributed by atoms with Crippen LogP contribution in [0.15, 0.2) is 53.3 Å². The van der Waals surface area contributed by atoms with Crippen LogP contribution in [0.1, 0.15) is 11.1 Å². The minimum absolute atomic E-state index is 0.0397. The smallest absolute Gasteiger partial charge is 0.224 e. The highest BCUT2D eigenvalue weighted by molar-refractivity contribution is 9.10. The lowest BCUT2D eigenvalue weighted by Crippen LogP contribution is -2.24. The number of halogens is 1. The summed E-state index contributed by atoms with van der Waals surface area (Å²) in [6.45, 7) is 0.462. The highest BCUT2D eigenvalue weighted by atomic mass is 79.9. The Kier molecular flexibility index (Phi) is 5.39. The highest BCUT2D eigenvalue weighted by Crippen LogP contribution is 2.25. The largest absolute Gasteiger partial charge is 0.496 e. The van der Waals surface area contributed by atoms with Crippen molar-refractivity contribution < 1.29 is 9.53 Å². The average Bonchev–Trinajstić information content (AvgIpc) is 3.15. The zero-order chi connectivity index (χ0) is 17.6. The van der Waals surface area contributed by atoms with Crippen molar-refractivity contribution in [2.24, 2.45) is 0 Å². The number of methoxy groups -OCH3 is 1. The Balaban J connectivity index is 1.55. The molecule has 3 rings (SSSR count). The molecule has 0 bridgehead atoms. The normalized spacial score (nSPS) is 10.5. The molecule has 0 aliphatic carbocycles. The van der Waals surface area contributed by atoms with Crippen molar-refractivity contribution in [3.63, 3.8) is 0 Å². The van der Waals surface area contributed by atoms with Gasteiger partial charge in [0.25, 0.3) is 0 Å². The lowest BCUT2D eigenvalue weighted by atomic mass is 10.1. The number of nitrogens with one attached hydrogen (secondary N) is 1. The van der Waals surface area contributed by atoms with E-state index < -0.39 is 0 Å². The summed E-state index contributed by atoms with van der Waals surface area (Å²) in [6.07, 6.45) is 1.84. The molecule has 7 nitrogen and oxygen atoms in total. The quantitative estimate of drug-likeness (QED) is 0.684. The molecule has 1 heterocycles. The van der Waals surface area contributed by atoms with E-state index in [1.54, 1.807) is 11.8 Å². The van der Waals surface area contributed by atoms with Crippen molar-refractivity contribution in [1.82, 2.24) is 25.5 Å². The van der Waals surface area contributed by atoms with Crippen LogP contribution in [0.3, 0.4) is 0 Å². The number of benzene rings is 2. The molecule has 0 fully saturated rings. The number of carbonyl (C=O) groups is 1. The molecule has 1 N–H and O–H groups in total. The van der Waals surface area contributed by atoms with Crippen molar-refractivity contribution >= 4 is 21.8 Å². The topological polar surface area (TPSA) is 81.9 Å². The van der Waals surface area contributed by atoms with Gasteiger partial charge in [0.15, 0.2) is 0 Å². The van der Waals surface area contributed by atoms with Crippen LogP contribution >= 0.6 is 15.9 Å². The monoisotopic (exact) mass is 401 g/mol. The molecule has 3 aromatic rings. The molecule has 0 radical (unpaired) electrons. The number of nitrogens with zero attached hydrogens (tertiary/aromatic N) is 4. The Labute approximate surface area is 153 Å². The van der Waals surface area contributed by atoms with E-state index in [1.807, 2.05) is 42.5 Å². The van der Waals surface area contributed by atoms with Crippen LogP contribution in [0.2, 0.25) is 0 Å². The third-order valence-electron chi connectivity index (χ3n) is 3.62. The number of amides is 1. The second-order valence-corrected chi connectivity index (χ2v) is 6.20. The molecule has 0 saturated carbocycles. The fourth-order valence-electron chi connectivity index (χ4n) is 2.31. The molecule has 2 aromatic carbocycles. The van der Waals surface area contributed by atoms with Crippen LogP contribution in [-0.4, -0.2) is 33.2 Å². The van der Waals surface area contributed by atoms with Crippen molar-refractivity contribution in [2.75, 3.05) is 7.11 Å². The van der Waals surface area contributed by atoms with Gasteiger partial charge in [0.1, 0.15) is 12.1 Å². The van der Waals surface area contributed by atoms with E-state index in [4.69, 9.17) is 4.74 Å². The van der Waals surface area contributed by atoms with Gasteiger partial charge in [-0.3, -0.25) is 4.79 Å². The first kappa shape index (κ1) is 17.1. The van der Waals surface area contributed by atoms with Gasteiger partial charge in [-0.1, -0.05) is 18.2 Å². The van der Waals surface area contributed by atoms with E-state index in [9.17, 15) is 4.79 Å². The molecule has 0 aliphatic rings. The van der Waals surface area contributed by atoms with Gasteiger partial charge in [0.2, 0.25) is 5.91 Å². The molecule has 0 spiro atoms. The molecule has 25 heavy (non-hydrogen) atoms. The minimum Gasteiger partial charge on any atom is -0.496 e. The summed E-state index contributed by atoms with van der Waals surface area (Å²) < 4.78 is 7.61. The van der Waals surface area contributed by atoms with Gasteiger partial charge in [0.05, 0.1) is 23.7 Å². The fraction of sp³-hybridized carbons (Fsp3) is 0.176. The van der Waals surface area contributed by atoms with E-state index in [0.717, 1.165) is 27.0 Å². The SMILES string of the molecule is COc1ccc(CNC(=O)Cc2ccc(-n3cnnn3)cc2)cc1Br. The van der Waals surface area contributed by atoms with Crippen molar-refractivity contribution in [3.05, 3.63) is 64.4 Å².